The van der Waals surface area contributed by atoms with Gasteiger partial charge in [-0.25, -0.2) is 9.78 Å². The van der Waals surface area contributed by atoms with Gasteiger partial charge in [-0.05, 0) is 53.2 Å². The van der Waals surface area contributed by atoms with Gasteiger partial charge in [-0.2, -0.15) is 0 Å². The third kappa shape index (κ3) is 20.5. The molecule has 1 aromatic heterocycles. The van der Waals surface area contributed by atoms with Crippen LogP contribution in [0.2, 0.25) is 0 Å². The first-order valence-corrected chi connectivity index (χ1v) is 19.3. The third-order valence-electron chi connectivity index (χ3n) is 8.65. The van der Waals surface area contributed by atoms with E-state index >= 15 is 0 Å². The van der Waals surface area contributed by atoms with E-state index in [1.54, 1.807) is 13.0 Å². The zero-order chi connectivity index (χ0) is 35.7. The van der Waals surface area contributed by atoms with E-state index in [0.717, 1.165) is 19.3 Å². The lowest BCUT2D eigenvalue weighted by Gasteiger charge is -2.22. The Kier molecular flexibility index (Phi) is 23.7. The maximum atomic E-state index is 12.7. The quantitative estimate of drug-likeness (QED) is 0.0774. The number of aliphatic hydroxyl groups is 1. The number of para-hydroxylation sites is 1. The van der Waals surface area contributed by atoms with E-state index in [1.165, 1.54) is 77.0 Å². The lowest BCUT2D eigenvalue weighted by atomic mass is 10.0. The molecule has 1 aromatic carbocycles. The number of fused-ring (bicyclic) bond motifs is 1. The molecule has 9 heteroatoms. The van der Waals surface area contributed by atoms with Crippen LogP contribution in [0, 0.1) is 0 Å². The SMILES string of the molecule is CCCCCCCCCCCCCCCCC(OCC(C)OCC(C)OCC(C)OCC(C)OCC(C)O)c1nc2ccccc2c(=O)o1. The van der Waals surface area contributed by atoms with Crippen molar-refractivity contribution in [3.63, 3.8) is 0 Å². The maximum absolute atomic E-state index is 12.7. The van der Waals surface area contributed by atoms with Crippen LogP contribution in [0.15, 0.2) is 33.5 Å². The summed E-state index contributed by atoms with van der Waals surface area (Å²) in [5, 5.41) is 9.84. The van der Waals surface area contributed by atoms with Crippen molar-refractivity contribution in [1.82, 2.24) is 4.98 Å². The second-order valence-electron chi connectivity index (χ2n) is 14.0. The Morgan fingerprint density at radius 3 is 1.53 bits per heavy atom. The monoisotopic (exact) mass is 692 g/mol. The number of aliphatic hydroxyl groups excluding tert-OH is 1. The predicted octanol–water partition coefficient (Wildman–Crippen LogP) is 9.12. The fraction of sp³-hybridized carbons (Fsp3) is 0.800. The van der Waals surface area contributed by atoms with Gasteiger partial charge in [0.2, 0.25) is 5.89 Å². The third-order valence-corrected chi connectivity index (χ3v) is 8.65. The molecule has 0 radical (unpaired) electrons. The fourth-order valence-corrected chi connectivity index (χ4v) is 5.62. The number of unbranched alkanes of at least 4 members (excludes halogenated alkanes) is 13. The van der Waals surface area contributed by atoms with Crippen molar-refractivity contribution in [3.8, 4) is 0 Å². The van der Waals surface area contributed by atoms with E-state index in [9.17, 15) is 9.90 Å². The zero-order valence-corrected chi connectivity index (χ0v) is 31.7. The predicted molar refractivity (Wildman–Crippen MR) is 197 cm³/mol. The summed E-state index contributed by atoms with van der Waals surface area (Å²) in [4.78, 5) is 17.4. The minimum absolute atomic E-state index is 0.0967. The Labute approximate surface area is 296 Å². The molecule has 0 bridgehead atoms. The molecule has 0 fully saturated rings. The van der Waals surface area contributed by atoms with Crippen molar-refractivity contribution < 1.29 is 33.2 Å². The van der Waals surface area contributed by atoms with Gasteiger partial charge in [0.15, 0.2) is 0 Å². The Hall–Kier alpha value is -1.88. The molecule has 0 saturated heterocycles. The van der Waals surface area contributed by atoms with Gasteiger partial charge in [0, 0.05) is 0 Å². The minimum Gasteiger partial charge on any atom is -0.405 e. The standard InChI is InChI=1S/C40H69NO8/c1-7-8-9-10-11-12-13-14-15-16-17-18-19-20-25-38(39-41-37-24-22-21-23-36(37)40(43)49-39)48-30-35(6)47-29-34(5)46-28-33(4)45-27-32(3)44-26-31(2)42/h21-24,31-35,38,42H,7-20,25-30H2,1-6H3. The largest absolute Gasteiger partial charge is 0.405 e. The summed E-state index contributed by atoms with van der Waals surface area (Å²) in [6.45, 7) is 13.7. The van der Waals surface area contributed by atoms with Gasteiger partial charge in [0.05, 0.1) is 74.5 Å². The van der Waals surface area contributed by atoms with Crippen molar-refractivity contribution in [1.29, 1.82) is 0 Å². The van der Waals surface area contributed by atoms with Crippen molar-refractivity contribution in [3.05, 3.63) is 40.6 Å². The molecule has 0 aliphatic carbocycles. The molecule has 6 atom stereocenters. The molecule has 6 unspecified atom stereocenters. The number of benzene rings is 1. The molecule has 49 heavy (non-hydrogen) atoms. The van der Waals surface area contributed by atoms with Gasteiger partial charge in [0.25, 0.3) is 0 Å². The molecule has 2 aromatic rings. The molecular formula is C40H69NO8. The lowest BCUT2D eigenvalue weighted by molar-refractivity contribution is -0.101. The topological polar surface area (TPSA) is 109 Å². The summed E-state index contributed by atoms with van der Waals surface area (Å²) in [6, 6.07) is 7.27. The molecule has 0 amide bonds. The highest BCUT2D eigenvalue weighted by atomic mass is 16.6. The molecule has 0 aliphatic heterocycles. The molecule has 0 aliphatic rings. The van der Waals surface area contributed by atoms with Gasteiger partial charge in [-0.3, -0.25) is 0 Å². The summed E-state index contributed by atoms with van der Waals surface area (Å²) in [5.74, 6) is 0.335. The molecule has 282 valence electrons. The number of rotatable bonds is 31. The first-order chi connectivity index (χ1) is 23.7. The highest BCUT2D eigenvalue weighted by molar-refractivity contribution is 5.76. The van der Waals surface area contributed by atoms with Crippen molar-refractivity contribution >= 4 is 10.9 Å². The van der Waals surface area contributed by atoms with E-state index < -0.39 is 12.2 Å². The Morgan fingerprint density at radius 2 is 1.04 bits per heavy atom. The average molecular weight is 692 g/mol. The number of ether oxygens (including phenoxy) is 5. The number of nitrogens with zero attached hydrogens (tertiary/aromatic N) is 1. The smallest absolute Gasteiger partial charge is 0.346 e. The molecule has 0 spiro atoms. The van der Waals surface area contributed by atoms with Gasteiger partial charge in [-0.1, -0.05) is 109 Å². The fourth-order valence-electron chi connectivity index (χ4n) is 5.62. The van der Waals surface area contributed by atoms with Gasteiger partial charge < -0.3 is 33.2 Å². The summed E-state index contributed by atoms with van der Waals surface area (Å²) in [5.41, 5.74) is 0.240. The Balaban J connectivity index is 1.73. The van der Waals surface area contributed by atoms with Crippen LogP contribution in [0.1, 0.15) is 150 Å². The van der Waals surface area contributed by atoms with Crippen LogP contribution in [0.3, 0.4) is 0 Å². The molecule has 1 N–H and O–H groups in total. The van der Waals surface area contributed by atoms with Crippen molar-refractivity contribution in [2.24, 2.45) is 0 Å². The average Bonchev–Trinajstić information content (AvgIpc) is 3.09. The molecule has 2 rings (SSSR count). The number of hydrogen-bond acceptors (Lipinski definition) is 9. The van der Waals surface area contributed by atoms with Crippen LogP contribution >= 0.6 is 0 Å². The summed E-state index contributed by atoms with van der Waals surface area (Å²) in [7, 11) is 0. The lowest BCUT2D eigenvalue weighted by Crippen LogP contribution is -2.29. The van der Waals surface area contributed by atoms with E-state index in [1.807, 2.05) is 45.9 Å². The van der Waals surface area contributed by atoms with Crippen molar-refractivity contribution in [2.45, 2.75) is 174 Å². The van der Waals surface area contributed by atoms with Crippen LogP contribution in [-0.2, 0) is 23.7 Å². The van der Waals surface area contributed by atoms with E-state index in [0.29, 0.717) is 49.8 Å². The zero-order valence-electron chi connectivity index (χ0n) is 31.7. The first kappa shape index (κ1) is 43.3. The molecule has 9 nitrogen and oxygen atoms in total. The summed E-state index contributed by atoms with van der Waals surface area (Å²) < 4.78 is 35.3. The van der Waals surface area contributed by atoms with Crippen LogP contribution in [0.25, 0.3) is 10.9 Å². The van der Waals surface area contributed by atoms with Crippen LogP contribution in [-0.4, -0.2) is 73.6 Å². The van der Waals surface area contributed by atoms with Crippen molar-refractivity contribution in [2.75, 3.05) is 33.0 Å². The van der Waals surface area contributed by atoms with Gasteiger partial charge in [0.1, 0.15) is 6.10 Å². The minimum atomic E-state index is -0.493. The molecule has 1 heterocycles. The van der Waals surface area contributed by atoms with Gasteiger partial charge in [-0.15, -0.1) is 0 Å². The second-order valence-corrected chi connectivity index (χ2v) is 14.0. The number of hydrogen-bond donors (Lipinski definition) is 1. The molecule has 0 saturated carbocycles. The Morgan fingerprint density at radius 1 is 0.612 bits per heavy atom. The summed E-state index contributed by atoms with van der Waals surface area (Å²) >= 11 is 0. The van der Waals surface area contributed by atoms with E-state index in [2.05, 4.69) is 11.9 Å². The Bertz CT molecular complexity index is 1140. The van der Waals surface area contributed by atoms with Crippen LogP contribution in [0.4, 0.5) is 0 Å². The van der Waals surface area contributed by atoms with E-state index in [4.69, 9.17) is 28.1 Å². The maximum Gasteiger partial charge on any atom is 0.346 e. The number of aromatic nitrogens is 1. The summed E-state index contributed by atoms with van der Waals surface area (Å²) in [6.07, 6.45) is 17.5. The van der Waals surface area contributed by atoms with Crippen LogP contribution in [0.5, 0.6) is 0 Å². The highest BCUT2D eigenvalue weighted by Crippen LogP contribution is 2.24. The van der Waals surface area contributed by atoms with Crippen LogP contribution < -0.4 is 5.63 Å². The van der Waals surface area contributed by atoms with E-state index in [-0.39, 0.29) is 30.0 Å². The molecular weight excluding hydrogens is 622 g/mol. The normalized spacial score (nSPS) is 15.7. The second kappa shape index (κ2) is 26.9. The highest BCUT2D eigenvalue weighted by Gasteiger charge is 2.21. The first-order valence-electron chi connectivity index (χ1n) is 19.3. The van der Waals surface area contributed by atoms with Gasteiger partial charge >= 0.3 is 5.63 Å².